The third kappa shape index (κ3) is 4.58. The normalized spacial score (nSPS) is 17.5. The predicted molar refractivity (Wildman–Crippen MR) is 119 cm³/mol. The molecule has 1 aliphatic rings. The Balaban J connectivity index is 1.54. The molecule has 2 atom stereocenters. The summed E-state index contributed by atoms with van der Waals surface area (Å²) in [6, 6.07) is 10.9. The van der Waals surface area contributed by atoms with Crippen LogP contribution in [0.4, 0.5) is 10.2 Å². The van der Waals surface area contributed by atoms with Gasteiger partial charge in [-0.25, -0.2) is 19.3 Å². The second-order valence-corrected chi connectivity index (χ2v) is 8.49. The molecule has 0 bridgehead atoms. The first-order chi connectivity index (χ1) is 14.4. The zero-order chi connectivity index (χ0) is 21.3. The highest BCUT2D eigenvalue weighted by molar-refractivity contribution is 14.1. The molecule has 0 aliphatic heterocycles. The van der Waals surface area contributed by atoms with Crippen molar-refractivity contribution in [3.05, 3.63) is 75.3 Å². The molecule has 30 heavy (non-hydrogen) atoms. The second-order valence-electron chi connectivity index (χ2n) is 7.24. The minimum atomic E-state index is -0.460. The predicted octanol–water partition coefficient (Wildman–Crippen LogP) is 4.41. The zero-order valence-electron chi connectivity index (χ0n) is 16.5. The molecule has 8 heteroatoms. The number of hydrogen-bond donors (Lipinski definition) is 0. The van der Waals surface area contributed by atoms with Crippen molar-refractivity contribution in [1.29, 1.82) is 0 Å². The van der Waals surface area contributed by atoms with Crippen molar-refractivity contribution in [2.75, 3.05) is 11.6 Å². The number of carbonyl (C=O) groups excluding carboxylic acids is 1. The van der Waals surface area contributed by atoms with Gasteiger partial charge in [0, 0.05) is 9.49 Å². The number of nitrogens with zero attached hydrogens (tertiary/aromatic N) is 4. The van der Waals surface area contributed by atoms with E-state index in [0.717, 1.165) is 21.8 Å². The van der Waals surface area contributed by atoms with E-state index >= 15 is 0 Å². The average Bonchev–Trinajstić information content (AvgIpc) is 3.51. The number of ether oxygens (including phenoxy) is 1. The minimum absolute atomic E-state index is 0.0553. The Morgan fingerprint density at radius 1 is 1.23 bits per heavy atom. The number of halogens is 2. The van der Waals surface area contributed by atoms with E-state index in [4.69, 9.17) is 4.74 Å². The maximum Gasteiger partial charge on any atom is 0.234 e. The van der Waals surface area contributed by atoms with Crippen LogP contribution in [-0.2, 0) is 4.79 Å². The van der Waals surface area contributed by atoms with Crippen molar-refractivity contribution < 1.29 is 13.9 Å². The number of carbonyl (C=O) groups is 1. The van der Waals surface area contributed by atoms with Crippen LogP contribution >= 0.6 is 22.6 Å². The van der Waals surface area contributed by atoms with Gasteiger partial charge in [0.05, 0.1) is 18.1 Å². The van der Waals surface area contributed by atoms with Crippen molar-refractivity contribution in [3.8, 4) is 5.75 Å². The summed E-state index contributed by atoms with van der Waals surface area (Å²) >= 11 is 2.27. The van der Waals surface area contributed by atoms with E-state index in [1.165, 1.54) is 17.0 Å². The third-order valence-corrected chi connectivity index (χ3v) is 5.71. The summed E-state index contributed by atoms with van der Waals surface area (Å²) in [7, 11) is 0. The Kier molecular flexibility index (Phi) is 5.94. The van der Waals surface area contributed by atoms with Crippen molar-refractivity contribution in [2.45, 2.75) is 26.2 Å². The van der Waals surface area contributed by atoms with Crippen molar-refractivity contribution in [2.24, 2.45) is 5.92 Å². The summed E-state index contributed by atoms with van der Waals surface area (Å²) in [6.45, 7) is 3.56. The molecule has 2 aromatic heterocycles. The van der Waals surface area contributed by atoms with E-state index in [1.54, 1.807) is 13.1 Å². The van der Waals surface area contributed by atoms with Gasteiger partial charge in [-0.15, -0.1) is 0 Å². The van der Waals surface area contributed by atoms with E-state index < -0.39 is 5.82 Å². The molecule has 4 rings (SSSR count). The molecule has 0 spiro atoms. The largest absolute Gasteiger partial charge is 0.469 e. The summed E-state index contributed by atoms with van der Waals surface area (Å²) < 4.78 is 20.4. The van der Waals surface area contributed by atoms with E-state index in [2.05, 4.69) is 43.6 Å². The van der Waals surface area contributed by atoms with Crippen LogP contribution in [0.25, 0.3) is 0 Å². The maximum absolute atomic E-state index is 13.4. The average molecular weight is 518 g/mol. The monoisotopic (exact) mass is 518 g/mol. The quantitative estimate of drug-likeness (QED) is 0.358. The van der Waals surface area contributed by atoms with Gasteiger partial charge >= 0.3 is 0 Å². The first kappa shape index (κ1) is 20.6. The first-order valence-corrected chi connectivity index (χ1v) is 10.6. The summed E-state index contributed by atoms with van der Waals surface area (Å²) in [5.41, 5.74) is 1.83. The molecule has 1 amide bonds. The topological polar surface area (TPSA) is 68.2 Å². The number of aromatic nitrogens is 3. The molecule has 0 N–H and O–H groups in total. The number of aryl methyl sites for hydroxylation is 2. The number of benzene rings is 1. The number of amides is 1. The molecule has 154 valence electrons. The second kappa shape index (κ2) is 8.63. The third-order valence-electron chi connectivity index (χ3n) is 5.04. The lowest BCUT2D eigenvalue weighted by molar-refractivity contribution is -0.120. The molecule has 1 fully saturated rings. The fourth-order valence-corrected chi connectivity index (χ4v) is 3.96. The zero-order valence-corrected chi connectivity index (χ0v) is 18.7. The van der Waals surface area contributed by atoms with Crippen LogP contribution in [-0.4, -0.2) is 27.6 Å². The Bertz CT molecular complexity index is 1080. The number of anilines is 1. The molecule has 6 nitrogen and oxygen atoms in total. The van der Waals surface area contributed by atoms with Crippen LogP contribution in [0.3, 0.4) is 0 Å². The Morgan fingerprint density at radius 2 is 2.07 bits per heavy atom. The van der Waals surface area contributed by atoms with Crippen LogP contribution in [0.2, 0.25) is 0 Å². The number of pyridine rings is 1. The fourth-order valence-electron chi connectivity index (χ4n) is 3.39. The van der Waals surface area contributed by atoms with Crippen LogP contribution in [0.1, 0.15) is 29.4 Å². The van der Waals surface area contributed by atoms with Crippen molar-refractivity contribution in [3.63, 3.8) is 0 Å². The standard InChI is InChI=1S/C22H20FIN4O2/c1-13-20(11-25-14(2)27-13)30-12-28(21-7-6-16(23)10-26-21)22(29)19-9-18(19)15-4-3-5-17(24)8-15/h3-8,10-11,18-19H,9,12H2,1-2H3. The summed E-state index contributed by atoms with van der Waals surface area (Å²) in [5.74, 6) is 0.937. The van der Waals surface area contributed by atoms with Gasteiger partial charge in [-0.05, 0) is 78.6 Å². The van der Waals surface area contributed by atoms with Gasteiger partial charge in [-0.3, -0.25) is 9.69 Å². The van der Waals surface area contributed by atoms with Crippen LogP contribution in [0.5, 0.6) is 5.75 Å². The van der Waals surface area contributed by atoms with E-state index in [1.807, 2.05) is 25.1 Å². The fraction of sp³-hybridized carbons (Fsp3) is 0.273. The van der Waals surface area contributed by atoms with Gasteiger partial charge in [-0.2, -0.15) is 0 Å². The smallest absolute Gasteiger partial charge is 0.234 e. The van der Waals surface area contributed by atoms with Crippen LogP contribution in [0, 0.1) is 29.2 Å². The van der Waals surface area contributed by atoms with E-state index in [-0.39, 0.29) is 24.5 Å². The van der Waals surface area contributed by atoms with Gasteiger partial charge in [0.15, 0.2) is 12.5 Å². The van der Waals surface area contributed by atoms with E-state index in [0.29, 0.717) is 23.1 Å². The maximum atomic E-state index is 13.4. The molecule has 2 unspecified atom stereocenters. The summed E-state index contributed by atoms with van der Waals surface area (Å²) in [6.07, 6.45) is 3.45. The van der Waals surface area contributed by atoms with Gasteiger partial charge in [0.2, 0.25) is 5.91 Å². The van der Waals surface area contributed by atoms with E-state index in [9.17, 15) is 9.18 Å². The number of hydrogen-bond acceptors (Lipinski definition) is 5. The molecular weight excluding hydrogens is 498 g/mol. The number of rotatable bonds is 6. The lowest BCUT2D eigenvalue weighted by Crippen LogP contribution is -2.36. The van der Waals surface area contributed by atoms with Crippen LogP contribution in [0.15, 0.2) is 48.8 Å². The Labute approximate surface area is 187 Å². The van der Waals surface area contributed by atoms with Crippen LogP contribution < -0.4 is 9.64 Å². The summed E-state index contributed by atoms with van der Waals surface area (Å²) in [5, 5.41) is 0. The van der Waals surface area contributed by atoms with Gasteiger partial charge in [0.25, 0.3) is 0 Å². The lowest BCUT2D eigenvalue weighted by atomic mass is 10.1. The van der Waals surface area contributed by atoms with Crippen molar-refractivity contribution >= 4 is 34.3 Å². The Morgan fingerprint density at radius 3 is 2.77 bits per heavy atom. The molecular formula is C22H20FIN4O2. The first-order valence-electron chi connectivity index (χ1n) is 9.54. The minimum Gasteiger partial charge on any atom is -0.469 e. The van der Waals surface area contributed by atoms with Gasteiger partial charge in [0.1, 0.15) is 17.5 Å². The molecule has 0 radical (unpaired) electrons. The molecule has 2 heterocycles. The highest BCUT2D eigenvalue weighted by atomic mass is 127. The van der Waals surface area contributed by atoms with Crippen molar-refractivity contribution in [1.82, 2.24) is 15.0 Å². The molecule has 3 aromatic rings. The van der Waals surface area contributed by atoms with Gasteiger partial charge in [-0.1, -0.05) is 12.1 Å². The molecule has 0 saturated heterocycles. The SMILES string of the molecule is Cc1ncc(OCN(C(=O)C2CC2c2cccc(I)c2)c2ccc(F)cn2)c(C)n1. The lowest BCUT2D eigenvalue weighted by Gasteiger charge is -2.22. The summed E-state index contributed by atoms with van der Waals surface area (Å²) in [4.78, 5) is 27.3. The molecule has 1 aromatic carbocycles. The molecule has 1 saturated carbocycles. The highest BCUT2D eigenvalue weighted by Crippen LogP contribution is 2.49. The Hall–Kier alpha value is -2.62. The van der Waals surface area contributed by atoms with Gasteiger partial charge < -0.3 is 4.74 Å². The molecule has 1 aliphatic carbocycles. The highest BCUT2D eigenvalue weighted by Gasteiger charge is 2.46.